The highest BCUT2D eigenvalue weighted by Crippen LogP contribution is 2.31. The summed E-state index contributed by atoms with van der Waals surface area (Å²) in [4.78, 5) is 19.7. The summed E-state index contributed by atoms with van der Waals surface area (Å²) >= 11 is 0. The number of carbonyl (C=O) groups is 1. The zero-order valence-electron chi connectivity index (χ0n) is 23.2. The number of likely N-dealkylation sites (N-methyl/N-ethyl adjacent to an activating group) is 1. The number of benzene rings is 2. The molecule has 0 fully saturated rings. The van der Waals surface area contributed by atoms with Crippen molar-refractivity contribution < 1.29 is 23.4 Å². The number of halogens is 1. The van der Waals surface area contributed by atoms with Crippen molar-refractivity contribution in [1.29, 1.82) is 0 Å². The van der Waals surface area contributed by atoms with Gasteiger partial charge in [0, 0.05) is 36.7 Å². The molecule has 2 aromatic carbocycles. The number of methoxy groups -OCH3 is 1. The van der Waals surface area contributed by atoms with E-state index in [0.29, 0.717) is 17.9 Å². The molecule has 0 saturated heterocycles. The summed E-state index contributed by atoms with van der Waals surface area (Å²) in [5, 5.41) is 3.81. The number of nitrogens with one attached hydrogen (secondary N) is 1. The van der Waals surface area contributed by atoms with Crippen LogP contribution in [0.15, 0.2) is 42.5 Å². The van der Waals surface area contributed by atoms with Crippen LogP contribution in [0, 0.1) is 5.82 Å². The number of fused-ring (bicyclic) bond motifs is 1. The fraction of sp³-hybridized carbons (Fsp3) is 0.467. The third-order valence-electron chi connectivity index (χ3n) is 6.01. The Kier molecular flexibility index (Phi) is 11.3. The molecule has 0 aliphatic heterocycles. The number of ether oxygens (including phenoxy) is 3. The molecule has 0 radical (unpaired) electrons. The highest BCUT2D eigenvalue weighted by Gasteiger charge is 2.16. The second kappa shape index (κ2) is 14.6. The lowest BCUT2D eigenvalue weighted by molar-refractivity contribution is -0.120. The van der Waals surface area contributed by atoms with Crippen molar-refractivity contribution in [3.8, 4) is 22.8 Å². The minimum absolute atomic E-state index is 0.0215. The van der Waals surface area contributed by atoms with Crippen LogP contribution >= 0.6 is 0 Å². The van der Waals surface area contributed by atoms with Crippen molar-refractivity contribution in [2.24, 2.45) is 0 Å². The molecule has 1 heterocycles. The van der Waals surface area contributed by atoms with E-state index in [1.807, 2.05) is 38.1 Å². The van der Waals surface area contributed by atoms with Gasteiger partial charge in [0.15, 0.2) is 11.6 Å². The van der Waals surface area contributed by atoms with Gasteiger partial charge < -0.3 is 24.4 Å². The van der Waals surface area contributed by atoms with Gasteiger partial charge in [0.1, 0.15) is 5.75 Å². The maximum absolute atomic E-state index is 14.1. The van der Waals surface area contributed by atoms with E-state index >= 15 is 0 Å². The zero-order valence-corrected chi connectivity index (χ0v) is 23.2. The van der Waals surface area contributed by atoms with Crippen LogP contribution in [-0.2, 0) is 16.0 Å². The van der Waals surface area contributed by atoms with E-state index in [9.17, 15) is 9.18 Å². The fourth-order valence-corrected chi connectivity index (χ4v) is 4.13. The first-order chi connectivity index (χ1) is 18.3. The highest BCUT2D eigenvalue weighted by atomic mass is 19.1. The average Bonchev–Trinajstić information content (AvgIpc) is 2.88. The van der Waals surface area contributed by atoms with Gasteiger partial charge in [0.05, 0.1) is 38.0 Å². The molecule has 1 N–H and O–H groups in total. The van der Waals surface area contributed by atoms with Crippen molar-refractivity contribution in [2.75, 3.05) is 47.1 Å². The minimum Gasteiger partial charge on any atom is -0.494 e. The monoisotopic (exact) mass is 525 g/mol. The molecular weight excluding hydrogens is 485 g/mol. The third kappa shape index (κ3) is 8.67. The number of rotatable bonds is 15. The molecule has 1 aromatic heterocycles. The smallest absolute Gasteiger partial charge is 0.224 e. The topological polar surface area (TPSA) is 72.9 Å². The van der Waals surface area contributed by atoms with Crippen LogP contribution in [0.2, 0.25) is 0 Å². The quantitative estimate of drug-likeness (QED) is 0.274. The number of amides is 1. The van der Waals surface area contributed by atoms with Crippen molar-refractivity contribution in [3.63, 3.8) is 0 Å². The summed E-state index contributed by atoms with van der Waals surface area (Å²) in [6.07, 6.45) is 2.08. The molecule has 1 amide bonds. The van der Waals surface area contributed by atoms with Crippen molar-refractivity contribution in [3.05, 3.63) is 53.8 Å². The largest absolute Gasteiger partial charge is 0.494 e. The van der Waals surface area contributed by atoms with E-state index in [1.165, 1.54) is 13.2 Å². The molecule has 0 spiro atoms. The van der Waals surface area contributed by atoms with E-state index in [1.54, 1.807) is 12.1 Å². The van der Waals surface area contributed by atoms with Gasteiger partial charge in [-0.05, 0) is 81.8 Å². The Labute approximate surface area is 225 Å². The number of pyridine rings is 1. The van der Waals surface area contributed by atoms with Gasteiger partial charge in [-0.2, -0.15) is 0 Å². The number of hydrogen-bond donors (Lipinski definition) is 1. The maximum atomic E-state index is 14.1. The molecule has 0 bridgehead atoms. The normalized spacial score (nSPS) is 11.4. The predicted molar refractivity (Wildman–Crippen MR) is 149 cm³/mol. The lowest BCUT2D eigenvalue weighted by atomic mass is 10.00. The molecule has 0 aliphatic rings. The summed E-state index contributed by atoms with van der Waals surface area (Å²) in [7, 11) is 3.51. The van der Waals surface area contributed by atoms with Crippen LogP contribution in [0.5, 0.6) is 11.5 Å². The minimum atomic E-state index is -0.450. The van der Waals surface area contributed by atoms with Gasteiger partial charge in [-0.3, -0.25) is 4.79 Å². The van der Waals surface area contributed by atoms with Gasteiger partial charge >= 0.3 is 0 Å². The molecule has 7 nitrogen and oxygen atoms in total. The highest BCUT2D eigenvalue weighted by molar-refractivity contribution is 5.88. The van der Waals surface area contributed by atoms with Gasteiger partial charge in [0.2, 0.25) is 5.91 Å². The van der Waals surface area contributed by atoms with E-state index in [-0.39, 0.29) is 24.1 Å². The third-order valence-corrected chi connectivity index (χ3v) is 6.01. The fourth-order valence-electron chi connectivity index (χ4n) is 4.13. The predicted octanol–water partition coefficient (Wildman–Crippen LogP) is 5.24. The summed E-state index contributed by atoms with van der Waals surface area (Å²) in [6.45, 7) is 9.91. The first kappa shape index (κ1) is 29.3. The first-order valence-corrected chi connectivity index (χ1v) is 13.3. The molecule has 0 atom stereocenters. The van der Waals surface area contributed by atoms with Crippen LogP contribution in [0.3, 0.4) is 0 Å². The molecule has 0 saturated carbocycles. The van der Waals surface area contributed by atoms with Gasteiger partial charge in [-0.15, -0.1) is 0 Å². The molecule has 0 unspecified atom stereocenters. The molecule has 206 valence electrons. The Morgan fingerprint density at radius 1 is 1.08 bits per heavy atom. The SMILES string of the molecule is CCCOCCN(C)CCCOc1ccc2nc(-c3ccc(F)c(OC)c3)c(CC(=O)NC(C)C)cc2c1. The number of aromatic nitrogens is 1. The van der Waals surface area contributed by atoms with E-state index in [4.69, 9.17) is 19.2 Å². The van der Waals surface area contributed by atoms with Crippen molar-refractivity contribution >= 4 is 16.8 Å². The van der Waals surface area contributed by atoms with Gasteiger partial charge in [-0.1, -0.05) is 6.92 Å². The Morgan fingerprint density at radius 3 is 2.63 bits per heavy atom. The second-order valence-electron chi connectivity index (χ2n) is 9.72. The Bertz CT molecular complexity index is 1200. The van der Waals surface area contributed by atoms with Crippen LogP contribution in [-0.4, -0.2) is 68.9 Å². The molecule has 3 rings (SSSR count). The molecule has 3 aromatic rings. The second-order valence-corrected chi connectivity index (χ2v) is 9.72. The average molecular weight is 526 g/mol. The number of nitrogens with zero attached hydrogens (tertiary/aromatic N) is 2. The number of hydrogen-bond acceptors (Lipinski definition) is 6. The first-order valence-electron chi connectivity index (χ1n) is 13.3. The molecule has 38 heavy (non-hydrogen) atoms. The van der Waals surface area contributed by atoms with Gasteiger partial charge in [-0.25, -0.2) is 9.37 Å². The standard InChI is InChI=1S/C30H40FN3O4/c1-6-14-37-16-13-34(4)12-7-15-38-25-9-11-27-23(18-25)17-24(20-29(35)32-21(2)3)30(33-27)22-8-10-26(31)28(19-22)36-5/h8-11,17-19,21H,6-7,12-16,20H2,1-5H3,(H,32,35). The Balaban J connectivity index is 1.77. The van der Waals surface area contributed by atoms with E-state index in [2.05, 4.69) is 24.2 Å². The molecule has 0 aliphatic carbocycles. The summed E-state index contributed by atoms with van der Waals surface area (Å²) in [5.74, 6) is 0.328. The zero-order chi connectivity index (χ0) is 27.5. The van der Waals surface area contributed by atoms with E-state index < -0.39 is 5.82 Å². The van der Waals surface area contributed by atoms with Crippen LogP contribution in [0.4, 0.5) is 4.39 Å². The van der Waals surface area contributed by atoms with Crippen LogP contribution in [0.1, 0.15) is 39.2 Å². The van der Waals surface area contributed by atoms with Crippen LogP contribution in [0.25, 0.3) is 22.2 Å². The lowest BCUT2D eigenvalue weighted by Gasteiger charge is -2.17. The Hall–Kier alpha value is -3.23. The summed E-state index contributed by atoms with van der Waals surface area (Å²) < 4.78 is 30.8. The lowest BCUT2D eigenvalue weighted by Crippen LogP contribution is -2.31. The molecule has 8 heteroatoms. The van der Waals surface area contributed by atoms with Gasteiger partial charge in [0.25, 0.3) is 0 Å². The maximum Gasteiger partial charge on any atom is 0.224 e. The Morgan fingerprint density at radius 2 is 1.89 bits per heavy atom. The summed E-state index contributed by atoms with van der Waals surface area (Å²) in [5.41, 5.74) is 2.81. The number of carbonyl (C=O) groups excluding carboxylic acids is 1. The summed E-state index contributed by atoms with van der Waals surface area (Å²) in [6, 6.07) is 12.4. The van der Waals surface area contributed by atoms with E-state index in [0.717, 1.165) is 61.4 Å². The molecular formula is C30H40FN3O4. The van der Waals surface area contributed by atoms with Crippen molar-refractivity contribution in [2.45, 2.75) is 46.1 Å². The van der Waals surface area contributed by atoms with Crippen molar-refractivity contribution in [1.82, 2.24) is 15.2 Å². The van der Waals surface area contributed by atoms with Crippen LogP contribution < -0.4 is 14.8 Å².